The van der Waals surface area contributed by atoms with Gasteiger partial charge in [0.25, 0.3) is 0 Å². The summed E-state index contributed by atoms with van der Waals surface area (Å²) in [6.45, 7) is 1.31. The molecule has 19 heavy (non-hydrogen) atoms. The number of hydrogen-bond acceptors (Lipinski definition) is 2. The van der Waals surface area contributed by atoms with Crippen LogP contribution >= 0.6 is 0 Å². The van der Waals surface area contributed by atoms with E-state index in [-0.39, 0.29) is 6.42 Å². The average molecular weight is 275 g/mol. The number of benzene rings is 1. The van der Waals surface area contributed by atoms with Crippen molar-refractivity contribution in [2.24, 2.45) is 0 Å². The largest absolute Gasteiger partial charge is 0.393 e. The topological polar surface area (TPSA) is 23.5 Å². The minimum absolute atomic E-state index is 0.220. The van der Waals surface area contributed by atoms with Crippen LogP contribution in [0.5, 0.6) is 0 Å². The Kier molecular flexibility index (Phi) is 6.31. The van der Waals surface area contributed by atoms with Crippen molar-refractivity contribution >= 4 is 0 Å². The smallest absolute Gasteiger partial charge is 0.389 e. The highest BCUT2D eigenvalue weighted by Crippen LogP contribution is 2.22. The van der Waals surface area contributed by atoms with E-state index in [1.165, 1.54) is 0 Å². The first kappa shape index (κ1) is 16.0. The predicted octanol–water partition coefficient (Wildman–Crippen LogP) is 3.21. The van der Waals surface area contributed by atoms with Crippen LogP contribution in [-0.2, 0) is 6.54 Å². The van der Waals surface area contributed by atoms with Gasteiger partial charge in [-0.25, -0.2) is 0 Å². The van der Waals surface area contributed by atoms with Crippen molar-refractivity contribution in [3.8, 4) is 0 Å². The first-order valence-electron chi connectivity index (χ1n) is 6.34. The van der Waals surface area contributed by atoms with E-state index in [4.69, 9.17) is 0 Å². The van der Waals surface area contributed by atoms with Gasteiger partial charge in [0, 0.05) is 19.5 Å². The molecule has 1 N–H and O–H groups in total. The SMILES string of the molecule is CN(CC[C@@H](O)CCC(F)(F)F)Cc1ccccc1. The monoisotopic (exact) mass is 275 g/mol. The van der Waals surface area contributed by atoms with Crippen molar-refractivity contribution in [2.75, 3.05) is 13.6 Å². The lowest BCUT2D eigenvalue weighted by atomic mass is 10.1. The molecule has 0 spiro atoms. The molecule has 1 atom stereocenters. The molecule has 0 fully saturated rings. The highest BCUT2D eigenvalue weighted by molar-refractivity contribution is 5.14. The Bertz CT molecular complexity index is 353. The molecule has 1 aromatic rings. The second kappa shape index (κ2) is 7.50. The number of hydrogen-bond donors (Lipinski definition) is 1. The second-order valence-corrected chi connectivity index (χ2v) is 4.82. The number of halogens is 3. The lowest BCUT2D eigenvalue weighted by molar-refractivity contribution is -0.140. The molecule has 0 heterocycles. The van der Waals surface area contributed by atoms with Crippen LogP contribution in [0, 0.1) is 0 Å². The van der Waals surface area contributed by atoms with E-state index in [9.17, 15) is 18.3 Å². The maximum Gasteiger partial charge on any atom is 0.389 e. The molecular formula is C14H20F3NO. The summed E-state index contributed by atoms with van der Waals surface area (Å²) >= 11 is 0. The first-order chi connectivity index (χ1) is 8.87. The Morgan fingerprint density at radius 3 is 2.37 bits per heavy atom. The molecule has 0 bridgehead atoms. The minimum atomic E-state index is -4.18. The number of alkyl halides is 3. The molecule has 0 amide bonds. The van der Waals surface area contributed by atoms with Crippen LogP contribution in [0.1, 0.15) is 24.8 Å². The summed E-state index contributed by atoms with van der Waals surface area (Å²) in [6.07, 6.45) is -5.85. The summed E-state index contributed by atoms with van der Waals surface area (Å²) in [5.41, 5.74) is 1.15. The van der Waals surface area contributed by atoms with Gasteiger partial charge in [-0.05, 0) is 25.5 Å². The van der Waals surface area contributed by atoms with Crippen molar-refractivity contribution in [1.29, 1.82) is 0 Å². The number of aliphatic hydroxyl groups is 1. The fraction of sp³-hybridized carbons (Fsp3) is 0.571. The highest BCUT2D eigenvalue weighted by Gasteiger charge is 2.27. The Balaban J connectivity index is 2.21. The minimum Gasteiger partial charge on any atom is -0.393 e. The molecule has 0 saturated carbocycles. The molecule has 0 aliphatic carbocycles. The Morgan fingerprint density at radius 2 is 1.79 bits per heavy atom. The van der Waals surface area contributed by atoms with E-state index < -0.39 is 18.7 Å². The second-order valence-electron chi connectivity index (χ2n) is 4.82. The van der Waals surface area contributed by atoms with E-state index in [1.54, 1.807) is 0 Å². The van der Waals surface area contributed by atoms with Crippen LogP contribution in [0.4, 0.5) is 13.2 Å². The molecule has 2 nitrogen and oxygen atoms in total. The van der Waals surface area contributed by atoms with Gasteiger partial charge in [0.15, 0.2) is 0 Å². The van der Waals surface area contributed by atoms with Gasteiger partial charge >= 0.3 is 6.18 Å². The summed E-state index contributed by atoms with van der Waals surface area (Å²) in [5, 5.41) is 9.50. The van der Waals surface area contributed by atoms with Crippen molar-refractivity contribution in [2.45, 2.75) is 38.1 Å². The zero-order chi connectivity index (χ0) is 14.3. The van der Waals surface area contributed by atoms with Gasteiger partial charge in [0.2, 0.25) is 0 Å². The standard InChI is InChI=1S/C14H20F3NO/c1-18(11-12-5-3-2-4-6-12)10-8-13(19)7-9-14(15,16)17/h2-6,13,19H,7-11H2,1H3/t13-/m0/s1. The van der Waals surface area contributed by atoms with Gasteiger partial charge in [-0.3, -0.25) is 0 Å². The maximum atomic E-state index is 12.0. The van der Waals surface area contributed by atoms with Crippen molar-refractivity contribution in [1.82, 2.24) is 4.90 Å². The Hall–Kier alpha value is -1.07. The average Bonchev–Trinajstić information content (AvgIpc) is 2.34. The van der Waals surface area contributed by atoms with Gasteiger partial charge in [-0.2, -0.15) is 13.2 Å². The van der Waals surface area contributed by atoms with Crippen LogP contribution in [0.15, 0.2) is 30.3 Å². The van der Waals surface area contributed by atoms with Gasteiger partial charge < -0.3 is 10.0 Å². The summed E-state index contributed by atoms with van der Waals surface area (Å²) in [4.78, 5) is 1.99. The highest BCUT2D eigenvalue weighted by atomic mass is 19.4. The first-order valence-corrected chi connectivity index (χ1v) is 6.34. The molecule has 108 valence electrons. The van der Waals surface area contributed by atoms with Crippen LogP contribution in [0.2, 0.25) is 0 Å². The van der Waals surface area contributed by atoms with E-state index in [0.29, 0.717) is 13.0 Å². The Morgan fingerprint density at radius 1 is 1.16 bits per heavy atom. The van der Waals surface area contributed by atoms with Crippen LogP contribution in [-0.4, -0.2) is 35.9 Å². The predicted molar refractivity (Wildman–Crippen MR) is 68.7 cm³/mol. The zero-order valence-electron chi connectivity index (χ0n) is 11.0. The van der Waals surface area contributed by atoms with E-state index in [1.807, 2.05) is 42.3 Å². The molecule has 0 unspecified atom stereocenters. The Labute approximate surface area is 111 Å². The third-order valence-electron chi connectivity index (χ3n) is 2.90. The lowest BCUT2D eigenvalue weighted by Gasteiger charge is -2.19. The molecule has 5 heteroatoms. The number of nitrogens with zero attached hydrogens (tertiary/aromatic N) is 1. The molecule has 0 radical (unpaired) electrons. The summed E-state index contributed by atoms with van der Waals surface area (Å²) < 4.78 is 35.9. The fourth-order valence-corrected chi connectivity index (χ4v) is 1.82. The molecule has 1 aromatic carbocycles. The molecule has 0 aliphatic rings. The van der Waals surface area contributed by atoms with E-state index >= 15 is 0 Å². The van der Waals surface area contributed by atoms with Crippen LogP contribution in [0.3, 0.4) is 0 Å². The molecule has 0 aliphatic heterocycles. The summed E-state index contributed by atoms with van der Waals surface area (Å²) in [6, 6.07) is 9.82. The molecule has 0 aromatic heterocycles. The molecule has 0 saturated heterocycles. The molecular weight excluding hydrogens is 255 g/mol. The van der Waals surface area contributed by atoms with Crippen LogP contribution < -0.4 is 0 Å². The van der Waals surface area contributed by atoms with Gasteiger partial charge in [-0.1, -0.05) is 30.3 Å². The van der Waals surface area contributed by atoms with Crippen LogP contribution in [0.25, 0.3) is 0 Å². The van der Waals surface area contributed by atoms with Gasteiger partial charge in [0.05, 0.1) is 6.10 Å². The number of aliphatic hydroxyl groups excluding tert-OH is 1. The van der Waals surface area contributed by atoms with Crippen molar-refractivity contribution in [3.63, 3.8) is 0 Å². The quantitative estimate of drug-likeness (QED) is 0.826. The lowest BCUT2D eigenvalue weighted by Crippen LogP contribution is -2.24. The van der Waals surface area contributed by atoms with E-state index in [0.717, 1.165) is 12.1 Å². The third-order valence-corrected chi connectivity index (χ3v) is 2.90. The maximum absolute atomic E-state index is 12.0. The van der Waals surface area contributed by atoms with E-state index in [2.05, 4.69) is 0 Å². The molecule has 1 rings (SSSR count). The third kappa shape index (κ3) is 7.85. The van der Waals surface area contributed by atoms with Crippen molar-refractivity contribution < 1.29 is 18.3 Å². The zero-order valence-corrected chi connectivity index (χ0v) is 11.0. The summed E-state index contributed by atoms with van der Waals surface area (Å²) in [5.74, 6) is 0. The van der Waals surface area contributed by atoms with Crippen molar-refractivity contribution in [3.05, 3.63) is 35.9 Å². The van der Waals surface area contributed by atoms with Gasteiger partial charge in [0.1, 0.15) is 0 Å². The number of rotatable bonds is 7. The fourth-order valence-electron chi connectivity index (χ4n) is 1.82. The normalized spacial score (nSPS) is 13.8. The summed E-state index contributed by atoms with van der Waals surface area (Å²) in [7, 11) is 1.89. The van der Waals surface area contributed by atoms with Gasteiger partial charge in [-0.15, -0.1) is 0 Å².